The van der Waals surface area contributed by atoms with Crippen molar-refractivity contribution in [2.24, 2.45) is 0 Å². The molecule has 0 fully saturated rings. The van der Waals surface area contributed by atoms with Crippen LogP contribution in [-0.2, 0) is 6.42 Å². The topological polar surface area (TPSA) is 26.3 Å². The van der Waals surface area contributed by atoms with Crippen molar-refractivity contribution in [1.29, 1.82) is 0 Å². The van der Waals surface area contributed by atoms with Crippen molar-refractivity contribution in [2.75, 3.05) is 7.11 Å². The second kappa shape index (κ2) is 6.22. The summed E-state index contributed by atoms with van der Waals surface area (Å²) in [5, 5.41) is 0.549. The van der Waals surface area contributed by atoms with Gasteiger partial charge in [-0.05, 0) is 35.9 Å². The molecule has 0 radical (unpaired) electrons. The van der Waals surface area contributed by atoms with Crippen molar-refractivity contribution < 1.29 is 9.53 Å². The number of halogens is 2. The Morgan fingerprint density at radius 3 is 2.47 bits per heavy atom. The normalized spacial score (nSPS) is 10.3. The fourth-order valence-corrected chi connectivity index (χ4v) is 2.61. The number of Topliss-reactive ketones (excluding diaryl/α,β-unsaturated/α-hetero) is 1. The van der Waals surface area contributed by atoms with Gasteiger partial charge in [0.1, 0.15) is 5.75 Å². The van der Waals surface area contributed by atoms with Gasteiger partial charge in [0.2, 0.25) is 0 Å². The second-order valence-electron chi connectivity index (χ2n) is 4.11. The molecule has 0 amide bonds. The summed E-state index contributed by atoms with van der Waals surface area (Å²) in [6.07, 6.45) is 0.344. The number of carbonyl (C=O) groups is 1. The minimum atomic E-state index is 0.0355. The lowest BCUT2D eigenvalue weighted by molar-refractivity contribution is 0.0993. The number of rotatable bonds is 4. The lowest BCUT2D eigenvalue weighted by Crippen LogP contribution is -2.03. The molecule has 0 aliphatic heterocycles. The molecule has 0 saturated heterocycles. The molecule has 0 N–H and O–H groups in total. The first-order valence-electron chi connectivity index (χ1n) is 5.70. The monoisotopic (exact) mass is 338 g/mol. The van der Waals surface area contributed by atoms with Crippen LogP contribution in [0.15, 0.2) is 46.9 Å². The zero-order valence-electron chi connectivity index (χ0n) is 10.3. The number of carbonyl (C=O) groups excluding carboxylic acids is 1. The predicted molar refractivity (Wildman–Crippen MR) is 80.2 cm³/mol. The molecule has 0 aliphatic carbocycles. The molecule has 0 heterocycles. The lowest BCUT2D eigenvalue weighted by atomic mass is 10.0. The van der Waals surface area contributed by atoms with Crippen molar-refractivity contribution in [2.45, 2.75) is 6.42 Å². The molecule has 2 aromatic rings. The third-order valence-corrected chi connectivity index (χ3v) is 3.38. The minimum absolute atomic E-state index is 0.0355. The Hall–Kier alpha value is -1.32. The number of hydrogen-bond donors (Lipinski definition) is 0. The van der Waals surface area contributed by atoms with Crippen LogP contribution < -0.4 is 4.74 Å². The van der Waals surface area contributed by atoms with Crippen molar-refractivity contribution in [1.82, 2.24) is 0 Å². The molecule has 0 unspecified atom stereocenters. The zero-order valence-corrected chi connectivity index (χ0v) is 12.7. The maximum Gasteiger partial charge on any atom is 0.167 e. The molecule has 0 atom stereocenters. The van der Waals surface area contributed by atoms with E-state index in [4.69, 9.17) is 16.3 Å². The van der Waals surface area contributed by atoms with Crippen LogP contribution in [0.1, 0.15) is 15.9 Å². The summed E-state index contributed by atoms with van der Waals surface area (Å²) in [6, 6.07) is 12.7. The summed E-state index contributed by atoms with van der Waals surface area (Å²) in [6.45, 7) is 0. The highest BCUT2D eigenvalue weighted by atomic mass is 79.9. The quantitative estimate of drug-likeness (QED) is 0.765. The molecule has 0 aliphatic rings. The van der Waals surface area contributed by atoms with Gasteiger partial charge in [0.25, 0.3) is 0 Å². The molecule has 2 nitrogen and oxygen atoms in total. The third kappa shape index (κ3) is 3.82. The first kappa shape index (κ1) is 14.1. The van der Waals surface area contributed by atoms with Crippen molar-refractivity contribution >= 4 is 33.3 Å². The standard InChI is InChI=1S/C15H12BrClO2/c1-19-14-4-2-10(3-5-14)6-15(18)11-7-12(16)9-13(17)8-11/h2-5,7-9H,6H2,1H3. The van der Waals surface area contributed by atoms with E-state index in [1.54, 1.807) is 25.3 Å². The average molecular weight is 340 g/mol. The van der Waals surface area contributed by atoms with Gasteiger partial charge in [0.05, 0.1) is 7.11 Å². The fraction of sp³-hybridized carbons (Fsp3) is 0.133. The van der Waals surface area contributed by atoms with Gasteiger partial charge in [-0.15, -0.1) is 0 Å². The summed E-state index contributed by atoms with van der Waals surface area (Å²) in [5.74, 6) is 0.815. The summed E-state index contributed by atoms with van der Waals surface area (Å²) in [5.41, 5.74) is 1.55. The Morgan fingerprint density at radius 2 is 1.89 bits per heavy atom. The number of ketones is 1. The van der Waals surface area contributed by atoms with Crippen LogP contribution in [-0.4, -0.2) is 12.9 Å². The van der Waals surface area contributed by atoms with E-state index in [1.807, 2.05) is 24.3 Å². The van der Waals surface area contributed by atoms with Crippen LogP contribution in [0, 0.1) is 0 Å². The van der Waals surface area contributed by atoms with E-state index >= 15 is 0 Å². The van der Waals surface area contributed by atoms with Crippen molar-refractivity contribution in [3.8, 4) is 5.75 Å². The van der Waals surface area contributed by atoms with E-state index in [0.29, 0.717) is 17.0 Å². The summed E-state index contributed by atoms with van der Waals surface area (Å²) >= 11 is 9.27. The minimum Gasteiger partial charge on any atom is -0.497 e. The Balaban J connectivity index is 2.15. The summed E-state index contributed by atoms with van der Waals surface area (Å²) < 4.78 is 5.89. The highest BCUT2D eigenvalue weighted by Crippen LogP contribution is 2.21. The number of ether oxygens (including phenoxy) is 1. The van der Waals surface area contributed by atoms with Crippen molar-refractivity contribution in [3.63, 3.8) is 0 Å². The first-order chi connectivity index (χ1) is 9.08. The van der Waals surface area contributed by atoms with Crippen molar-refractivity contribution in [3.05, 3.63) is 63.1 Å². The molecule has 0 aromatic heterocycles. The van der Waals surface area contributed by atoms with Gasteiger partial charge in [-0.3, -0.25) is 4.79 Å². The molecule has 0 spiro atoms. The molecule has 0 saturated carbocycles. The maximum absolute atomic E-state index is 12.2. The van der Waals surface area contributed by atoms with Crippen LogP contribution >= 0.6 is 27.5 Å². The Kier molecular flexibility index (Phi) is 4.61. The van der Waals surface area contributed by atoms with Crippen LogP contribution in [0.4, 0.5) is 0 Å². The molecule has 2 rings (SSSR count). The maximum atomic E-state index is 12.2. The van der Waals surface area contributed by atoms with Gasteiger partial charge in [-0.25, -0.2) is 0 Å². The van der Waals surface area contributed by atoms with Gasteiger partial charge >= 0.3 is 0 Å². The Morgan fingerprint density at radius 1 is 1.21 bits per heavy atom. The predicted octanol–water partition coefficient (Wildman–Crippen LogP) is 4.54. The zero-order chi connectivity index (χ0) is 13.8. The molecule has 98 valence electrons. The smallest absolute Gasteiger partial charge is 0.167 e. The van der Waals surface area contributed by atoms with E-state index in [1.165, 1.54) is 0 Å². The van der Waals surface area contributed by atoms with Gasteiger partial charge in [0.15, 0.2) is 5.78 Å². The Labute approximate surface area is 125 Å². The van der Waals surface area contributed by atoms with Crippen LogP contribution in [0.25, 0.3) is 0 Å². The van der Waals surface area contributed by atoms with E-state index < -0.39 is 0 Å². The molecule has 4 heteroatoms. The highest BCUT2D eigenvalue weighted by molar-refractivity contribution is 9.10. The van der Waals surface area contributed by atoms with Crippen LogP contribution in [0.2, 0.25) is 5.02 Å². The van der Waals surface area contributed by atoms with Gasteiger partial charge in [-0.1, -0.05) is 39.7 Å². The molecule has 19 heavy (non-hydrogen) atoms. The molecule has 0 bridgehead atoms. The van der Waals surface area contributed by atoms with Crippen LogP contribution in [0.5, 0.6) is 5.75 Å². The largest absolute Gasteiger partial charge is 0.497 e. The second-order valence-corrected chi connectivity index (χ2v) is 5.46. The van der Waals surface area contributed by atoms with Gasteiger partial charge in [0, 0.05) is 21.5 Å². The highest BCUT2D eigenvalue weighted by Gasteiger charge is 2.09. The molecule has 2 aromatic carbocycles. The SMILES string of the molecule is COc1ccc(CC(=O)c2cc(Cl)cc(Br)c2)cc1. The lowest BCUT2D eigenvalue weighted by Gasteiger charge is -2.04. The van der Waals surface area contributed by atoms with E-state index in [-0.39, 0.29) is 5.78 Å². The summed E-state index contributed by atoms with van der Waals surface area (Å²) in [7, 11) is 1.61. The van der Waals surface area contributed by atoms with E-state index in [2.05, 4.69) is 15.9 Å². The van der Waals surface area contributed by atoms with Crippen LogP contribution in [0.3, 0.4) is 0 Å². The number of benzene rings is 2. The van der Waals surface area contributed by atoms with E-state index in [0.717, 1.165) is 15.8 Å². The molecular weight excluding hydrogens is 328 g/mol. The fourth-order valence-electron chi connectivity index (χ4n) is 1.75. The number of methoxy groups -OCH3 is 1. The summed E-state index contributed by atoms with van der Waals surface area (Å²) in [4.78, 5) is 12.2. The Bertz CT molecular complexity index is 573. The van der Waals surface area contributed by atoms with Gasteiger partial charge in [-0.2, -0.15) is 0 Å². The molecular formula is C15H12BrClO2. The average Bonchev–Trinajstić information content (AvgIpc) is 2.38. The third-order valence-electron chi connectivity index (χ3n) is 2.71. The number of hydrogen-bond acceptors (Lipinski definition) is 2. The van der Waals surface area contributed by atoms with E-state index in [9.17, 15) is 4.79 Å². The van der Waals surface area contributed by atoms with Gasteiger partial charge < -0.3 is 4.74 Å². The first-order valence-corrected chi connectivity index (χ1v) is 6.88.